The van der Waals surface area contributed by atoms with E-state index in [1.165, 1.54) is 42.6 Å². The van der Waals surface area contributed by atoms with Gasteiger partial charge in [-0.25, -0.2) is 4.98 Å². The average Bonchev–Trinajstić information content (AvgIpc) is 3.37. The molecule has 4 nitrogen and oxygen atoms in total. The number of benzene rings is 1. The molecule has 1 aliphatic carbocycles. The Balaban J connectivity index is 1.52. The summed E-state index contributed by atoms with van der Waals surface area (Å²) >= 11 is 1.86. The first-order valence-corrected chi connectivity index (χ1v) is 11.2. The van der Waals surface area contributed by atoms with Gasteiger partial charge in [-0.1, -0.05) is 25.3 Å². The molecule has 5 heteroatoms. The molecule has 3 heterocycles. The molecule has 2 aromatic heterocycles. The number of nitrogens with zero attached hydrogens (tertiary/aromatic N) is 2. The Bertz CT molecular complexity index is 1010. The standard InChI is InChI=1S/C23H25N3OS/c1-15-26-22-11-18(10-20(23(22)27-15)17-5-3-2-4-6-17)21-8-7-16(12-25-21)9-19-13-24-14-28-19/h7-12,17,24H,2-6,13-14H2,1H3. The molecule has 1 saturated heterocycles. The smallest absolute Gasteiger partial charge is 0.192 e. The van der Waals surface area contributed by atoms with Crippen molar-refractivity contribution >= 4 is 28.9 Å². The van der Waals surface area contributed by atoms with Crippen molar-refractivity contribution in [3.8, 4) is 11.3 Å². The number of fused-ring (bicyclic) bond motifs is 1. The molecule has 0 bridgehead atoms. The Morgan fingerprint density at radius 3 is 2.82 bits per heavy atom. The Hall–Kier alpha value is -2.11. The third kappa shape index (κ3) is 3.61. The molecule has 2 aliphatic rings. The first-order valence-electron chi connectivity index (χ1n) is 10.2. The molecule has 2 fully saturated rings. The number of rotatable bonds is 3. The van der Waals surface area contributed by atoms with Crippen LogP contribution in [0.4, 0.5) is 0 Å². The third-order valence-corrected chi connectivity index (χ3v) is 6.72. The molecule has 0 radical (unpaired) electrons. The van der Waals surface area contributed by atoms with Crippen LogP contribution in [0.1, 0.15) is 55.0 Å². The first-order chi connectivity index (χ1) is 13.8. The number of hydrogen-bond donors (Lipinski definition) is 1. The molecule has 0 spiro atoms. The lowest BCUT2D eigenvalue weighted by atomic mass is 9.83. The van der Waals surface area contributed by atoms with Gasteiger partial charge in [-0.15, -0.1) is 11.8 Å². The van der Waals surface area contributed by atoms with Gasteiger partial charge in [0.1, 0.15) is 5.52 Å². The zero-order valence-corrected chi connectivity index (χ0v) is 17.0. The van der Waals surface area contributed by atoms with Gasteiger partial charge in [0, 0.05) is 41.6 Å². The van der Waals surface area contributed by atoms with Crippen molar-refractivity contribution in [3.63, 3.8) is 0 Å². The van der Waals surface area contributed by atoms with Crippen molar-refractivity contribution in [1.29, 1.82) is 0 Å². The summed E-state index contributed by atoms with van der Waals surface area (Å²) in [5.41, 5.74) is 6.53. The van der Waals surface area contributed by atoms with E-state index in [0.717, 1.165) is 46.2 Å². The zero-order valence-electron chi connectivity index (χ0n) is 16.2. The van der Waals surface area contributed by atoms with Gasteiger partial charge in [-0.3, -0.25) is 4.98 Å². The fourth-order valence-electron chi connectivity index (χ4n) is 4.34. The van der Waals surface area contributed by atoms with Crippen LogP contribution >= 0.6 is 11.8 Å². The molecule has 28 heavy (non-hydrogen) atoms. The molecule has 1 aromatic carbocycles. The summed E-state index contributed by atoms with van der Waals surface area (Å²) in [5, 5.41) is 3.34. The molecule has 5 rings (SSSR count). The van der Waals surface area contributed by atoms with Crippen LogP contribution in [0.25, 0.3) is 28.4 Å². The summed E-state index contributed by atoms with van der Waals surface area (Å²) in [6.07, 6.45) is 10.6. The first kappa shape index (κ1) is 18.0. The van der Waals surface area contributed by atoms with E-state index in [2.05, 4.69) is 40.6 Å². The number of thioether (sulfide) groups is 1. The Morgan fingerprint density at radius 2 is 2.07 bits per heavy atom. The van der Waals surface area contributed by atoms with E-state index in [1.807, 2.05) is 24.9 Å². The van der Waals surface area contributed by atoms with Gasteiger partial charge in [0.15, 0.2) is 11.5 Å². The van der Waals surface area contributed by atoms with Gasteiger partial charge in [-0.05, 0) is 48.6 Å². The topological polar surface area (TPSA) is 51.0 Å². The van der Waals surface area contributed by atoms with Crippen LogP contribution in [0.5, 0.6) is 0 Å². The van der Waals surface area contributed by atoms with E-state index < -0.39 is 0 Å². The van der Waals surface area contributed by atoms with E-state index in [1.54, 1.807) is 0 Å². The van der Waals surface area contributed by atoms with Crippen LogP contribution in [-0.2, 0) is 0 Å². The number of hydrogen-bond acceptors (Lipinski definition) is 5. The lowest BCUT2D eigenvalue weighted by molar-refractivity contribution is 0.440. The number of oxazole rings is 1. The highest BCUT2D eigenvalue weighted by Crippen LogP contribution is 2.39. The molecular formula is C23H25N3OS. The second-order valence-corrected chi connectivity index (χ2v) is 8.89. The molecule has 0 atom stereocenters. The lowest BCUT2D eigenvalue weighted by Crippen LogP contribution is -2.05. The highest BCUT2D eigenvalue weighted by molar-refractivity contribution is 8.03. The number of aryl methyl sites for hydroxylation is 1. The van der Waals surface area contributed by atoms with E-state index in [4.69, 9.17) is 9.40 Å². The van der Waals surface area contributed by atoms with Crippen molar-refractivity contribution in [1.82, 2.24) is 15.3 Å². The maximum absolute atomic E-state index is 5.99. The van der Waals surface area contributed by atoms with Crippen molar-refractivity contribution in [2.75, 3.05) is 12.4 Å². The second kappa shape index (κ2) is 7.72. The third-order valence-electron chi connectivity index (χ3n) is 5.74. The van der Waals surface area contributed by atoms with Gasteiger partial charge < -0.3 is 9.73 Å². The average molecular weight is 392 g/mol. The molecule has 144 valence electrons. The van der Waals surface area contributed by atoms with Gasteiger partial charge >= 0.3 is 0 Å². The minimum absolute atomic E-state index is 0.569. The largest absolute Gasteiger partial charge is 0.441 e. The van der Waals surface area contributed by atoms with E-state index in [0.29, 0.717) is 5.92 Å². The minimum atomic E-state index is 0.569. The van der Waals surface area contributed by atoms with Crippen LogP contribution in [0.2, 0.25) is 0 Å². The van der Waals surface area contributed by atoms with Gasteiger partial charge in [-0.2, -0.15) is 0 Å². The number of aromatic nitrogens is 2. The van der Waals surface area contributed by atoms with E-state index >= 15 is 0 Å². The molecule has 0 amide bonds. The van der Waals surface area contributed by atoms with Gasteiger partial charge in [0.05, 0.1) is 5.69 Å². The Morgan fingerprint density at radius 1 is 1.18 bits per heavy atom. The fourth-order valence-corrected chi connectivity index (χ4v) is 5.16. The highest BCUT2D eigenvalue weighted by Gasteiger charge is 2.22. The normalized spacial score (nSPS) is 19.7. The molecule has 1 aliphatic heterocycles. The second-order valence-electron chi connectivity index (χ2n) is 7.78. The number of nitrogens with one attached hydrogen (secondary N) is 1. The van der Waals surface area contributed by atoms with Crippen LogP contribution in [0, 0.1) is 6.92 Å². The van der Waals surface area contributed by atoms with E-state index in [9.17, 15) is 0 Å². The van der Waals surface area contributed by atoms with Gasteiger partial charge in [0.2, 0.25) is 0 Å². The minimum Gasteiger partial charge on any atom is -0.441 e. The summed E-state index contributed by atoms with van der Waals surface area (Å²) in [4.78, 5) is 10.8. The SMILES string of the molecule is Cc1nc2cc(-c3ccc(C=C4CNCS4)cn3)cc(C3CCCCC3)c2o1. The van der Waals surface area contributed by atoms with Crippen LogP contribution in [0.3, 0.4) is 0 Å². The molecule has 3 aromatic rings. The van der Waals surface area contributed by atoms with Crippen molar-refractivity contribution in [2.24, 2.45) is 0 Å². The van der Waals surface area contributed by atoms with E-state index in [-0.39, 0.29) is 0 Å². The fraction of sp³-hybridized carbons (Fsp3) is 0.391. The van der Waals surface area contributed by atoms with Crippen molar-refractivity contribution in [2.45, 2.75) is 44.9 Å². The molecule has 1 N–H and O–H groups in total. The summed E-state index contributed by atoms with van der Waals surface area (Å²) in [5.74, 6) is 2.31. The predicted molar refractivity (Wildman–Crippen MR) is 116 cm³/mol. The summed E-state index contributed by atoms with van der Waals surface area (Å²) < 4.78 is 5.99. The molecule has 0 unspecified atom stereocenters. The highest BCUT2D eigenvalue weighted by atomic mass is 32.2. The molecule has 1 saturated carbocycles. The van der Waals surface area contributed by atoms with Crippen molar-refractivity contribution < 1.29 is 4.42 Å². The zero-order chi connectivity index (χ0) is 18.9. The van der Waals surface area contributed by atoms with Gasteiger partial charge in [0.25, 0.3) is 0 Å². The van der Waals surface area contributed by atoms with Crippen LogP contribution < -0.4 is 5.32 Å². The summed E-state index contributed by atoms with van der Waals surface area (Å²) in [7, 11) is 0. The maximum atomic E-state index is 5.99. The lowest BCUT2D eigenvalue weighted by Gasteiger charge is -2.22. The monoisotopic (exact) mass is 391 g/mol. The maximum Gasteiger partial charge on any atom is 0.192 e. The number of pyridine rings is 1. The summed E-state index contributed by atoms with van der Waals surface area (Å²) in [6, 6.07) is 8.69. The predicted octanol–water partition coefficient (Wildman–Crippen LogP) is 5.88. The summed E-state index contributed by atoms with van der Waals surface area (Å²) in [6.45, 7) is 2.89. The Labute approximate surface area is 169 Å². The van der Waals surface area contributed by atoms with Crippen LogP contribution in [0.15, 0.2) is 39.8 Å². The Kier molecular flexibility index (Phi) is 4.95. The molecular weight excluding hydrogens is 366 g/mol. The quantitative estimate of drug-likeness (QED) is 0.604. The van der Waals surface area contributed by atoms with Crippen LogP contribution in [-0.4, -0.2) is 22.4 Å². The van der Waals surface area contributed by atoms with Crippen molar-refractivity contribution in [3.05, 3.63) is 52.4 Å².